The molecule has 0 saturated carbocycles. The molecule has 64 valence electrons. The molecule has 2 N–H and O–H groups in total. The van der Waals surface area contributed by atoms with E-state index in [1.54, 1.807) is 23.5 Å². The maximum absolute atomic E-state index is 5.42. The number of rotatable bonds is 2. The van der Waals surface area contributed by atoms with Crippen LogP contribution >= 0.6 is 0 Å². The van der Waals surface area contributed by atoms with Gasteiger partial charge in [-0.3, -0.25) is 0 Å². The van der Waals surface area contributed by atoms with E-state index < -0.39 is 0 Å². The first-order chi connectivity index (χ1) is 5.68. The van der Waals surface area contributed by atoms with Gasteiger partial charge in [0.2, 0.25) is 0 Å². The van der Waals surface area contributed by atoms with E-state index in [1.807, 2.05) is 20.2 Å². The van der Waals surface area contributed by atoms with Gasteiger partial charge in [0.1, 0.15) is 5.82 Å². The van der Waals surface area contributed by atoms with Gasteiger partial charge in [0.15, 0.2) is 0 Å². The summed E-state index contributed by atoms with van der Waals surface area (Å²) in [5.74, 6) is 0.525. The number of hydrazone groups is 1. The van der Waals surface area contributed by atoms with Crippen LogP contribution in [0.4, 0.5) is 5.82 Å². The first-order valence-corrected chi connectivity index (χ1v) is 3.61. The van der Waals surface area contributed by atoms with Gasteiger partial charge in [-0.2, -0.15) is 5.10 Å². The minimum Gasteiger partial charge on any atom is -0.384 e. The van der Waals surface area contributed by atoms with Crippen LogP contribution in [0.15, 0.2) is 23.4 Å². The summed E-state index contributed by atoms with van der Waals surface area (Å²) in [5, 5.41) is 5.77. The molecule has 0 saturated heterocycles. The van der Waals surface area contributed by atoms with Crippen LogP contribution in [0.25, 0.3) is 0 Å². The summed E-state index contributed by atoms with van der Waals surface area (Å²) in [7, 11) is 3.72. The smallest absolute Gasteiger partial charge is 0.123 e. The first-order valence-electron chi connectivity index (χ1n) is 3.61. The van der Waals surface area contributed by atoms with Gasteiger partial charge in [-0.25, -0.2) is 4.98 Å². The summed E-state index contributed by atoms with van der Waals surface area (Å²) in [6, 6.07) is 3.62. The Morgan fingerprint density at radius 2 is 2.25 bits per heavy atom. The molecule has 0 unspecified atom stereocenters. The standard InChI is InChI=1S/C8H12N4/c1-12(2)11-6-7-3-4-8(9)10-5-7/h3-6H,1-2H3,(H2,9,10)/b11-6+. The second-order valence-electron chi connectivity index (χ2n) is 2.61. The quantitative estimate of drug-likeness (QED) is 0.513. The summed E-state index contributed by atoms with van der Waals surface area (Å²) >= 11 is 0. The Bertz CT molecular complexity index is 263. The number of pyridine rings is 1. The van der Waals surface area contributed by atoms with Gasteiger partial charge in [0.25, 0.3) is 0 Å². The summed E-state index contributed by atoms with van der Waals surface area (Å²) < 4.78 is 0. The minimum atomic E-state index is 0.525. The number of nitrogens with zero attached hydrogens (tertiary/aromatic N) is 3. The molecule has 1 aromatic rings. The van der Waals surface area contributed by atoms with E-state index in [2.05, 4.69) is 10.1 Å². The molecule has 0 aliphatic rings. The predicted molar refractivity (Wildman–Crippen MR) is 49.9 cm³/mol. The molecule has 0 fully saturated rings. The minimum absolute atomic E-state index is 0.525. The van der Waals surface area contributed by atoms with Crippen molar-refractivity contribution in [2.24, 2.45) is 5.10 Å². The van der Waals surface area contributed by atoms with Crippen LogP contribution in [0.2, 0.25) is 0 Å². The molecule has 0 atom stereocenters. The van der Waals surface area contributed by atoms with Crippen LogP contribution in [-0.4, -0.2) is 30.3 Å². The Balaban J connectivity index is 2.71. The molecule has 1 aromatic heterocycles. The molecule has 0 aliphatic carbocycles. The van der Waals surface area contributed by atoms with E-state index in [-0.39, 0.29) is 0 Å². The monoisotopic (exact) mass is 164 g/mol. The van der Waals surface area contributed by atoms with Crippen LogP contribution in [0.1, 0.15) is 5.56 Å². The molecule has 0 bridgehead atoms. The highest BCUT2D eigenvalue weighted by molar-refractivity contribution is 5.79. The Morgan fingerprint density at radius 3 is 2.75 bits per heavy atom. The molecule has 0 amide bonds. The summed E-state index contributed by atoms with van der Waals surface area (Å²) in [4.78, 5) is 3.93. The molecule has 0 spiro atoms. The molecule has 0 aliphatic heterocycles. The van der Waals surface area contributed by atoms with Crippen molar-refractivity contribution in [3.8, 4) is 0 Å². The van der Waals surface area contributed by atoms with E-state index in [9.17, 15) is 0 Å². The SMILES string of the molecule is CN(C)/N=C/c1ccc(N)nc1. The Kier molecular flexibility index (Phi) is 2.63. The molecular formula is C8H12N4. The van der Waals surface area contributed by atoms with E-state index >= 15 is 0 Å². The molecule has 12 heavy (non-hydrogen) atoms. The Morgan fingerprint density at radius 1 is 1.50 bits per heavy atom. The number of hydrogen-bond acceptors (Lipinski definition) is 4. The maximum atomic E-state index is 5.42. The fourth-order valence-corrected chi connectivity index (χ4v) is 0.675. The lowest BCUT2D eigenvalue weighted by Crippen LogP contribution is -2.02. The molecule has 1 rings (SSSR count). The molecule has 4 heteroatoms. The lowest BCUT2D eigenvalue weighted by molar-refractivity contribution is 0.440. The number of aromatic nitrogens is 1. The Hall–Kier alpha value is -1.58. The van der Waals surface area contributed by atoms with Gasteiger partial charge >= 0.3 is 0 Å². The van der Waals surface area contributed by atoms with Crippen molar-refractivity contribution in [3.05, 3.63) is 23.9 Å². The van der Waals surface area contributed by atoms with Crippen molar-refractivity contribution in [2.75, 3.05) is 19.8 Å². The third kappa shape index (κ3) is 2.57. The number of nitrogens with two attached hydrogens (primary N) is 1. The van der Waals surface area contributed by atoms with E-state index in [0.29, 0.717) is 5.82 Å². The van der Waals surface area contributed by atoms with Crippen molar-refractivity contribution in [3.63, 3.8) is 0 Å². The average molecular weight is 164 g/mol. The molecular weight excluding hydrogens is 152 g/mol. The van der Waals surface area contributed by atoms with Crippen LogP contribution < -0.4 is 5.73 Å². The third-order valence-electron chi connectivity index (χ3n) is 1.25. The van der Waals surface area contributed by atoms with Gasteiger partial charge in [-0.1, -0.05) is 0 Å². The van der Waals surface area contributed by atoms with Crippen molar-refractivity contribution in [2.45, 2.75) is 0 Å². The van der Waals surface area contributed by atoms with Crippen molar-refractivity contribution >= 4 is 12.0 Å². The maximum Gasteiger partial charge on any atom is 0.123 e. The lowest BCUT2D eigenvalue weighted by Gasteiger charge is -2.01. The molecule has 1 heterocycles. The van der Waals surface area contributed by atoms with Crippen molar-refractivity contribution in [1.29, 1.82) is 0 Å². The van der Waals surface area contributed by atoms with Gasteiger partial charge in [0, 0.05) is 25.9 Å². The first kappa shape index (κ1) is 8.52. The third-order valence-corrected chi connectivity index (χ3v) is 1.25. The fraction of sp³-hybridized carbons (Fsp3) is 0.250. The van der Waals surface area contributed by atoms with E-state index in [0.717, 1.165) is 5.56 Å². The van der Waals surface area contributed by atoms with Gasteiger partial charge in [-0.15, -0.1) is 0 Å². The number of nitrogen functional groups attached to an aromatic ring is 1. The second kappa shape index (κ2) is 3.71. The highest BCUT2D eigenvalue weighted by atomic mass is 15.4. The lowest BCUT2D eigenvalue weighted by atomic mass is 10.3. The van der Waals surface area contributed by atoms with Crippen LogP contribution in [-0.2, 0) is 0 Å². The highest BCUT2D eigenvalue weighted by Gasteiger charge is 1.88. The number of hydrogen-bond donors (Lipinski definition) is 1. The predicted octanol–water partition coefficient (Wildman–Crippen LogP) is 0.559. The molecule has 0 aromatic carbocycles. The van der Waals surface area contributed by atoms with Gasteiger partial charge in [-0.05, 0) is 12.1 Å². The highest BCUT2D eigenvalue weighted by Crippen LogP contribution is 1.97. The molecule has 4 nitrogen and oxygen atoms in total. The second-order valence-corrected chi connectivity index (χ2v) is 2.61. The van der Waals surface area contributed by atoms with E-state index in [4.69, 9.17) is 5.73 Å². The summed E-state index contributed by atoms with van der Waals surface area (Å²) in [5.41, 5.74) is 6.36. The largest absolute Gasteiger partial charge is 0.384 e. The van der Waals surface area contributed by atoms with Gasteiger partial charge in [0.05, 0.1) is 6.21 Å². The van der Waals surface area contributed by atoms with Crippen molar-refractivity contribution in [1.82, 2.24) is 9.99 Å². The summed E-state index contributed by atoms with van der Waals surface area (Å²) in [6.07, 6.45) is 3.41. The number of anilines is 1. The van der Waals surface area contributed by atoms with Gasteiger partial charge < -0.3 is 10.7 Å². The Labute approximate surface area is 71.7 Å². The van der Waals surface area contributed by atoms with Crippen LogP contribution in [0.5, 0.6) is 0 Å². The zero-order valence-electron chi connectivity index (χ0n) is 7.23. The fourth-order valence-electron chi connectivity index (χ4n) is 0.675. The van der Waals surface area contributed by atoms with Crippen molar-refractivity contribution < 1.29 is 0 Å². The molecule has 0 radical (unpaired) electrons. The topological polar surface area (TPSA) is 54.5 Å². The van der Waals surface area contributed by atoms with Crippen LogP contribution in [0, 0.1) is 0 Å². The average Bonchev–Trinajstić information content (AvgIpc) is 2.03. The zero-order chi connectivity index (χ0) is 8.97. The zero-order valence-corrected chi connectivity index (χ0v) is 7.23. The summed E-state index contributed by atoms with van der Waals surface area (Å²) in [6.45, 7) is 0. The van der Waals surface area contributed by atoms with E-state index in [1.165, 1.54) is 0 Å². The normalized spacial score (nSPS) is 10.5. The van der Waals surface area contributed by atoms with Crippen LogP contribution in [0.3, 0.4) is 0 Å².